The molecule has 21 heavy (non-hydrogen) atoms. The molecular formula is C16H17BrN2O2. The van der Waals surface area contributed by atoms with Crippen molar-refractivity contribution in [1.82, 2.24) is 0 Å². The van der Waals surface area contributed by atoms with E-state index in [1.54, 1.807) is 13.2 Å². The number of nitrogens with one attached hydrogen (secondary N) is 1. The van der Waals surface area contributed by atoms with Gasteiger partial charge in [-0.25, -0.2) is 0 Å². The van der Waals surface area contributed by atoms with Gasteiger partial charge in [0.15, 0.2) is 0 Å². The van der Waals surface area contributed by atoms with Gasteiger partial charge < -0.3 is 15.8 Å². The first-order chi connectivity index (χ1) is 10.0. The molecule has 0 aliphatic carbocycles. The van der Waals surface area contributed by atoms with Gasteiger partial charge in [-0.3, -0.25) is 4.79 Å². The third kappa shape index (κ3) is 3.76. The van der Waals surface area contributed by atoms with E-state index in [0.717, 1.165) is 27.0 Å². The van der Waals surface area contributed by atoms with Crippen LogP contribution in [-0.4, -0.2) is 13.0 Å². The zero-order valence-corrected chi connectivity index (χ0v) is 13.5. The van der Waals surface area contributed by atoms with Gasteiger partial charge in [-0.2, -0.15) is 0 Å². The molecule has 1 amide bonds. The number of nitrogens with two attached hydrogens (primary N) is 1. The van der Waals surface area contributed by atoms with Gasteiger partial charge in [-0.15, -0.1) is 0 Å². The molecule has 0 radical (unpaired) electrons. The van der Waals surface area contributed by atoms with Crippen LogP contribution in [0, 0.1) is 6.92 Å². The van der Waals surface area contributed by atoms with Gasteiger partial charge in [0.1, 0.15) is 5.75 Å². The van der Waals surface area contributed by atoms with Gasteiger partial charge >= 0.3 is 0 Å². The summed E-state index contributed by atoms with van der Waals surface area (Å²) in [4.78, 5) is 11.1. The summed E-state index contributed by atoms with van der Waals surface area (Å²) in [7, 11) is 1.64. The highest BCUT2D eigenvalue weighted by atomic mass is 79.9. The molecule has 0 aliphatic heterocycles. The zero-order valence-electron chi connectivity index (χ0n) is 11.9. The quantitative estimate of drug-likeness (QED) is 0.869. The highest BCUT2D eigenvalue weighted by Crippen LogP contribution is 2.28. The molecule has 0 saturated carbocycles. The van der Waals surface area contributed by atoms with Gasteiger partial charge in [0, 0.05) is 23.9 Å². The van der Waals surface area contributed by atoms with Gasteiger partial charge in [-0.05, 0) is 58.2 Å². The SMILES string of the molecule is COc1cc(NCc2ccc(C(N)=O)cc2C)ccc1Br. The number of rotatable bonds is 5. The third-order valence-corrected chi connectivity index (χ3v) is 3.92. The van der Waals surface area contributed by atoms with Crippen LogP contribution in [0.2, 0.25) is 0 Å². The molecule has 3 N–H and O–H groups in total. The molecule has 0 bridgehead atoms. The number of amides is 1. The van der Waals surface area contributed by atoms with Crippen molar-refractivity contribution in [3.05, 3.63) is 57.6 Å². The van der Waals surface area contributed by atoms with E-state index in [4.69, 9.17) is 10.5 Å². The van der Waals surface area contributed by atoms with Crippen LogP contribution in [0.4, 0.5) is 5.69 Å². The van der Waals surface area contributed by atoms with E-state index in [2.05, 4.69) is 21.2 Å². The highest BCUT2D eigenvalue weighted by molar-refractivity contribution is 9.10. The first kappa shape index (κ1) is 15.4. The molecule has 2 aromatic rings. The van der Waals surface area contributed by atoms with E-state index < -0.39 is 5.91 Å². The van der Waals surface area contributed by atoms with Gasteiger partial charge in [0.25, 0.3) is 0 Å². The van der Waals surface area contributed by atoms with Crippen LogP contribution < -0.4 is 15.8 Å². The second kappa shape index (κ2) is 6.63. The smallest absolute Gasteiger partial charge is 0.248 e. The standard InChI is InChI=1S/C16H17BrN2O2/c1-10-7-11(16(18)20)3-4-12(10)9-19-13-5-6-14(17)15(8-13)21-2/h3-8,19H,9H2,1-2H3,(H2,18,20). The van der Waals surface area contributed by atoms with E-state index in [0.29, 0.717) is 12.1 Å². The number of carbonyl (C=O) groups excluding carboxylic acids is 1. The van der Waals surface area contributed by atoms with E-state index in [1.807, 2.05) is 37.3 Å². The number of aryl methyl sites for hydroxylation is 1. The summed E-state index contributed by atoms with van der Waals surface area (Å²) in [6.07, 6.45) is 0. The van der Waals surface area contributed by atoms with Crippen LogP contribution in [0.5, 0.6) is 5.75 Å². The van der Waals surface area contributed by atoms with Crippen LogP contribution in [0.15, 0.2) is 40.9 Å². The third-order valence-electron chi connectivity index (χ3n) is 3.26. The summed E-state index contributed by atoms with van der Waals surface area (Å²) in [5.41, 5.74) is 8.91. The predicted molar refractivity (Wildman–Crippen MR) is 87.7 cm³/mol. The van der Waals surface area contributed by atoms with Gasteiger partial charge in [-0.1, -0.05) is 6.07 Å². The minimum Gasteiger partial charge on any atom is -0.495 e. The van der Waals surface area contributed by atoms with Crippen molar-refractivity contribution >= 4 is 27.5 Å². The highest BCUT2D eigenvalue weighted by Gasteiger charge is 2.05. The maximum Gasteiger partial charge on any atom is 0.248 e. The summed E-state index contributed by atoms with van der Waals surface area (Å²) in [6, 6.07) is 11.3. The fraction of sp³-hybridized carbons (Fsp3) is 0.188. The maximum absolute atomic E-state index is 11.1. The summed E-state index contributed by atoms with van der Waals surface area (Å²) in [6.45, 7) is 2.63. The van der Waals surface area contributed by atoms with Crippen molar-refractivity contribution in [2.75, 3.05) is 12.4 Å². The predicted octanol–water partition coefficient (Wildman–Crippen LogP) is 3.48. The van der Waals surface area contributed by atoms with E-state index >= 15 is 0 Å². The van der Waals surface area contributed by atoms with Crippen LogP contribution in [0.3, 0.4) is 0 Å². The van der Waals surface area contributed by atoms with Crippen molar-refractivity contribution < 1.29 is 9.53 Å². The number of ether oxygens (including phenoxy) is 1. The summed E-state index contributed by atoms with van der Waals surface area (Å²) >= 11 is 3.42. The molecule has 0 aliphatic rings. The van der Waals surface area contributed by atoms with Crippen molar-refractivity contribution in [1.29, 1.82) is 0 Å². The number of hydrogen-bond acceptors (Lipinski definition) is 3. The Balaban J connectivity index is 2.11. The van der Waals surface area contributed by atoms with Crippen LogP contribution in [0.25, 0.3) is 0 Å². The lowest BCUT2D eigenvalue weighted by Gasteiger charge is -2.11. The van der Waals surface area contributed by atoms with Gasteiger partial charge in [0.2, 0.25) is 5.91 Å². The summed E-state index contributed by atoms with van der Waals surface area (Å²) in [5, 5.41) is 3.34. The van der Waals surface area contributed by atoms with Crippen molar-refractivity contribution in [3.63, 3.8) is 0 Å². The molecule has 0 unspecified atom stereocenters. The molecule has 0 fully saturated rings. The average molecular weight is 349 g/mol. The Bertz CT molecular complexity index is 671. The lowest BCUT2D eigenvalue weighted by Crippen LogP contribution is -2.11. The topological polar surface area (TPSA) is 64.3 Å². The van der Waals surface area contributed by atoms with Gasteiger partial charge in [0.05, 0.1) is 11.6 Å². The molecule has 5 heteroatoms. The molecule has 0 atom stereocenters. The Hall–Kier alpha value is -2.01. The molecule has 0 saturated heterocycles. The van der Waals surface area contributed by atoms with Crippen molar-refractivity contribution in [2.24, 2.45) is 5.73 Å². The summed E-state index contributed by atoms with van der Waals surface area (Å²) < 4.78 is 6.18. The fourth-order valence-corrected chi connectivity index (χ4v) is 2.42. The molecule has 110 valence electrons. The average Bonchev–Trinajstić information content (AvgIpc) is 2.47. The lowest BCUT2D eigenvalue weighted by molar-refractivity contribution is 0.1000. The minimum atomic E-state index is -0.407. The Labute approximate surface area is 132 Å². The Morgan fingerprint density at radius 1 is 1.29 bits per heavy atom. The normalized spacial score (nSPS) is 10.2. The molecule has 2 rings (SSSR count). The van der Waals surface area contributed by atoms with E-state index in [1.165, 1.54) is 0 Å². The van der Waals surface area contributed by atoms with Crippen molar-refractivity contribution in [2.45, 2.75) is 13.5 Å². The van der Waals surface area contributed by atoms with E-state index in [9.17, 15) is 4.79 Å². The number of halogens is 1. The van der Waals surface area contributed by atoms with Crippen LogP contribution in [-0.2, 0) is 6.54 Å². The number of primary amides is 1. The molecule has 2 aromatic carbocycles. The number of carbonyl (C=O) groups is 1. The van der Waals surface area contributed by atoms with Crippen molar-refractivity contribution in [3.8, 4) is 5.75 Å². The fourth-order valence-electron chi connectivity index (χ4n) is 2.01. The molecular weight excluding hydrogens is 332 g/mol. The largest absolute Gasteiger partial charge is 0.495 e. The second-order valence-electron chi connectivity index (χ2n) is 4.71. The Kier molecular flexibility index (Phi) is 4.85. The number of methoxy groups -OCH3 is 1. The Morgan fingerprint density at radius 3 is 2.67 bits per heavy atom. The molecule has 0 spiro atoms. The Morgan fingerprint density at radius 2 is 2.05 bits per heavy atom. The lowest BCUT2D eigenvalue weighted by atomic mass is 10.0. The maximum atomic E-state index is 11.1. The number of benzene rings is 2. The number of anilines is 1. The summed E-state index contributed by atoms with van der Waals surface area (Å²) in [5.74, 6) is 0.371. The first-order valence-corrected chi connectivity index (χ1v) is 7.27. The minimum absolute atomic E-state index is 0.407. The zero-order chi connectivity index (χ0) is 15.4. The van der Waals surface area contributed by atoms with Crippen LogP contribution in [0.1, 0.15) is 21.5 Å². The number of hydrogen-bond donors (Lipinski definition) is 2. The monoisotopic (exact) mass is 348 g/mol. The molecule has 0 heterocycles. The molecule has 0 aromatic heterocycles. The van der Waals surface area contributed by atoms with E-state index in [-0.39, 0.29) is 0 Å². The molecule has 4 nitrogen and oxygen atoms in total. The first-order valence-electron chi connectivity index (χ1n) is 6.48. The van der Waals surface area contributed by atoms with Crippen LogP contribution >= 0.6 is 15.9 Å². The second-order valence-corrected chi connectivity index (χ2v) is 5.56.